The fraction of sp³-hybridized carbons (Fsp3) is 0.556. The maximum absolute atomic E-state index is 9.15. The lowest BCUT2D eigenvalue weighted by Crippen LogP contribution is -2.17. The summed E-state index contributed by atoms with van der Waals surface area (Å²) in [6.45, 7) is 0.536. The summed E-state index contributed by atoms with van der Waals surface area (Å²) < 4.78 is 5.38. The number of hydrogen-bond acceptors (Lipinski definition) is 2. The molecule has 1 aliphatic carbocycles. The smallest absolute Gasteiger partial charge is 0.118 e. The molecule has 0 aromatic heterocycles. The Kier molecular flexibility index (Phi) is 1.60. The van der Waals surface area contributed by atoms with Crippen LogP contribution in [0.5, 0.6) is 0 Å². The van der Waals surface area contributed by atoms with E-state index in [-0.39, 0.29) is 0 Å². The summed E-state index contributed by atoms with van der Waals surface area (Å²) in [5.41, 5.74) is 0. The zero-order valence-corrected chi connectivity index (χ0v) is 6.42. The van der Waals surface area contributed by atoms with Crippen LogP contribution in [0.3, 0.4) is 0 Å². The standard InChI is InChI=1S/C9H12O2/c10-8-4-5-11-9(6-8)7-2-1-3-7/h4,6-7,10H,1-3,5H2. The third kappa shape index (κ3) is 1.25. The quantitative estimate of drug-likeness (QED) is 0.623. The molecule has 11 heavy (non-hydrogen) atoms. The first kappa shape index (κ1) is 6.77. The molecule has 0 spiro atoms. The second-order valence-electron chi connectivity index (χ2n) is 3.11. The first-order chi connectivity index (χ1) is 5.36. The molecule has 0 aromatic rings. The second kappa shape index (κ2) is 2.61. The van der Waals surface area contributed by atoms with Crippen LogP contribution in [-0.4, -0.2) is 11.7 Å². The van der Waals surface area contributed by atoms with Gasteiger partial charge in [-0.15, -0.1) is 0 Å². The van der Waals surface area contributed by atoms with Crippen LogP contribution >= 0.6 is 0 Å². The van der Waals surface area contributed by atoms with Crippen molar-refractivity contribution < 1.29 is 9.84 Å². The summed E-state index contributed by atoms with van der Waals surface area (Å²) >= 11 is 0. The average Bonchev–Trinajstić information content (AvgIpc) is 1.83. The van der Waals surface area contributed by atoms with E-state index in [0.29, 0.717) is 18.3 Å². The molecule has 0 aromatic carbocycles. The van der Waals surface area contributed by atoms with Crippen molar-refractivity contribution in [3.05, 3.63) is 23.7 Å². The van der Waals surface area contributed by atoms with Gasteiger partial charge < -0.3 is 9.84 Å². The molecular formula is C9H12O2. The minimum atomic E-state index is 0.359. The molecule has 1 fully saturated rings. The van der Waals surface area contributed by atoms with Gasteiger partial charge in [0.1, 0.15) is 18.1 Å². The maximum Gasteiger partial charge on any atom is 0.118 e. The Balaban J connectivity index is 2.06. The van der Waals surface area contributed by atoms with Crippen molar-refractivity contribution in [1.82, 2.24) is 0 Å². The molecule has 1 aliphatic heterocycles. The third-order valence-electron chi connectivity index (χ3n) is 2.34. The molecule has 0 amide bonds. The van der Waals surface area contributed by atoms with Crippen molar-refractivity contribution in [1.29, 1.82) is 0 Å². The van der Waals surface area contributed by atoms with Gasteiger partial charge >= 0.3 is 0 Å². The molecule has 0 saturated heterocycles. The SMILES string of the molecule is OC1=CCOC(C2CCC2)=C1. The number of aliphatic hydroxyl groups excluding tert-OH is 1. The van der Waals surface area contributed by atoms with Crippen LogP contribution in [-0.2, 0) is 4.74 Å². The van der Waals surface area contributed by atoms with Gasteiger partial charge in [0.05, 0.1) is 0 Å². The van der Waals surface area contributed by atoms with Gasteiger partial charge in [0, 0.05) is 12.0 Å². The molecule has 0 bridgehead atoms. The molecule has 0 unspecified atom stereocenters. The van der Waals surface area contributed by atoms with E-state index in [0.717, 1.165) is 5.76 Å². The predicted octanol–water partition coefficient (Wildman–Crippen LogP) is 2.14. The van der Waals surface area contributed by atoms with Crippen LogP contribution in [0.25, 0.3) is 0 Å². The van der Waals surface area contributed by atoms with E-state index >= 15 is 0 Å². The summed E-state index contributed by atoms with van der Waals surface area (Å²) in [6.07, 6.45) is 7.17. The van der Waals surface area contributed by atoms with Gasteiger partial charge in [-0.2, -0.15) is 0 Å². The van der Waals surface area contributed by atoms with Gasteiger partial charge in [-0.25, -0.2) is 0 Å². The number of allylic oxidation sites excluding steroid dienone is 2. The van der Waals surface area contributed by atoms with Gasteiger partial charge in [-0.1, -0.05) is 6.42 Å². The minimum absolute atomic E-state index is 0.359. The molecule has 1 N–H and O–H groups in total. The van der Waals surface area contributed by atoms with Gasteiger partial charge in [-0.3, -0.25) is 0 Å². The number of aliphatic hydroxyl groups is 1. The van der Waals surface area contributed by atoms with Crippen LogP contribution in [0.1, 0.15) is 19.3 Å². The van der Waals surface area contributed by atoms with Crippen LogP contribution in [0.2, 0.25) is 0 Å². The van der Waals surface area contributed by atoms with Crippen molar-refractivity contribution in [2.75, 3.05) is 6.61 Å². The number of hydrogen-bond donors (Lipinski definition) is 1. The van der Waals surface area contributed by atoms with Crippen molar-refractivity contribution in [2.45, 2.75) is 19.3 Å². The summed E-state index contributed by atoms with van der Waals surface area (Å²) in [7, 11) is 0. The molecule has 1 saturated carbocycles. The average molecular weight is 152 g/mol. The van der Waals surface area contributed by atoms with E-state index in [2.05, 4.69) is 0 Å². The largest absolute Gasteiger partial charge is 0.508 e. The van der Waals surface area contributed by atoms with E-state index in [1.54, 1.807) is 12.2 Å². The third-order valence-corrected chi connectivity index (χ3v) is 2.34. The lowest BCUT2D eigenvalue weighted by Gasteiger charge is -2.28. The predicted molar refractivity (Wildman–Crippen MR) is 42.1 cm³/mol. The highest BCUT2D eigenvalue weighted by atomic mass is 16.5. The highest BCUT2D eigenvalue weighted by molar-refractivity contribution is 5.20. The lowest BCUT2D eigenvalue weighted by molar-refractivity contribution is 0.158. The Hall–Kier alpha value is -0.920. The Bertz CT molecular complexity index is 212. The van der Waals surface area contributed by atoms with Crippen LogP contribution in [0.4, 0.5) is 0 Å². The fourth-order valence-electron chi connectivity index (χ4n) is 1.40. The molecule has 0 radical (unpaired) electrons. The normalized spacial score (nSPS) is 24.7. The van der Waals surface area contributed by atoms with E-state index < -0.39 is 0 Å². The van der Waals surface area contributed by atoms with E-state index in [4.69, 9.17) is 9.84 Å². The van der Waals surface area contributed by atoms with Crippen molar-refractivity contribution >= 4 is 0 Å². The van der Waals surface area contributed by atoms with Crippen LogP contribution in [0, 0.1) is 5.92 Å². The molecule has 0 atom stereocenters. The molecule has 2 heteroatoms. The van der Waals surface area contributed by atoms with E-state index in [1.807, 2.05) is 0 Å². The highest BCUT2D eigenvalue weighted by Crippen LogP contribution is 2.34. The topological polar surface area (TPSA) is 29.5 Å². The first-order valence-electron chi connectivity index (χ1n) is 4.10. The summed E-state index contributed by atoms with van der Waals surface area (Å²) in [5.74, 6) is 1.93. The first-order valence-corrected chi connectivity index (χ1v) is 4.10. The molecule has 60 valence electrons. The molecule has 2 rings (SSSR count). The van der Waals surface area contributed by atoms with Gasteiger partial charge in [-0.05, 0) is 18.9 Å². The maximum atomic E-state index is 9.15. The molecular weight excluding hydrogens is 140 g/mol. The van der Waals surface area contributed by atoms with E-state index in [1.165, 1.54) is 19.3 Å². The Morgan fingerprint density at radius 2 is 2.27 bits per heavy atom. The zero-order valence-electron chi connectivity index (χ0n) is 6.42. The molecule has 1 heterocycles. The second-order valence-corrected chi connectivity index (χ2v) is 3.11. The number of ether oxygens (including phenoxy) is 1. The lowest BCUT2D eigenvalue weighted by atomic mass is 9.83. The van der Waals surface area contributed by atoms with Crippen LogP contribution in [0.15, 0.2) is 23.7 Å². The number of rotatable bonds is 1. The minimum Gasteiger partial charge on any atom is -0.508 e. The monoisotopic (exact) mass is 152 g/mol. The Morgan fingerprint density at radius 1 is 1.45 bits per heavy atom. The summed E-state index contributed by atoms with van der Waals surface area (Å²) in [4.78, 5) is 0. The fourth-order valence-corrected chi connectivity index (χ4v) is 1.40. The van der Waals surface area contributed by atoms with Crippen molar-refractivity contribution in [3.8, 4) is 0 Å². The molecule has 2 nitrogen and oxygen atoms in total. The molecule has 2 aliphatic rings. The van der Waals surface area contributed by atoms with Gasteiger partial charge in [0.25, 0.3) is 0 Å². The van der Waals surface area contributed by atoms with Crippen LogP contribution < -0.4 is 0 Å². The van der Waals surface area contributed by atoms with Gasteiger partial charge in [0.2, 0.25) is 0 Å². The van der Waals surface area contributed by atoms with Gasteiger partial charge in [0.15, 0.2) is 0 Å². The van der Waals surface area contributed by atoms with E-state index in [9.17, 15) is 0 Å². The van der Waals surface area contributed by atoms with Crippen molar-refractivity contribution in [3.63, 3.8) is 0 Å². The van der Waals surface area contributed by atoms with Crippen molar-refractivity contribution in [2.24, 2.45) is 5.92 Å². The summed E-state index contributed by atoms with van der Waals surface area (Å²) in [6, 6.07) is 0. The zero-order chi connectivity index (χ0) is 7.68. The summed E-state index contributed by atoms with van der Waals surface area (Å²) in [5, 5.41) is 9.15. The Labute approximate surface area is 66.2 Å². The highest BCUT2D eigenvalue weighted by Gasteiger charge is 2.24. The Morgan fingerprint density at radius 3 is 2.82 bits per heavy atom.